The topological polar surface area (TPSA) is 227 Å². The van der Waals surface area contributed by atoms with E-state index in [1.807, 2.05) is 164 Å². The van der Waals surface area contributed by atoms with Gasteiger partial charge in [0, 0.05) is 110 Å². The Labute approximate surface area is 763 Å². The minimum atomic E-state index is -0.708. The van der Waals surface area contributed by atoms with Gasteiger partial charge in [0.1, 0.15) is 77.7 Å². The Kier molecular flexibility index (Phi) is 26.8. The van der Waals surface area contributed by atoms with Crippen LogP contribution in [0.15, 0.2) is 261 Å². The van der Waals surface area contributed by atoms with Crippen molar-refractivity contribution in [3.05, 3.63) is 338 Å². The number of para-hydroxylation sites is 1. The van der Waals surface area contributed by atoms with E-state index in [-0.39, 0.29) is 36.9 Å². The number of nitrogens with zero attached hydrogens (tertiary/aromatic N) is 4. The first-order valence-corrected chi connectivity index (χ1v) is 44.1. The molecule has 125 heavy (non-hydrogen) atoms. The monoisotopic (exact) mass is 1970 g/mol. The van der Waals surface area contributed by atoms with Crippen LogP contribution in [0.1, 0.15) is 91.5 Å². The molecule has 4 aliphatic rings. The van der Waals surface area contributed by atoms with Crippen molar-refractivity contribution in [3.8, 4) is 46.0 Å². The number of hydrogen-bond donors (Lipinski definition) is 4. The van der Waals surface area contributed by atoms with Gasteiger partial charge in [-0.2, -0.15) is 0 Å². The van der Waals surface area contributed by atoms with E-state index in [2.05, 4.69) is 102 Å². The van der Waals surface area contributed by atoms with Gasteiger partial charge in [-0.25, -0.2) is 23.6 Å². The van der Waals surface area contributed by atoms with Gasteiger partial charge < -0.3 is 62.6 Å². The van der Waals surface area contributed by atoms with Gasteiger partial charge in [-0.3, -0.25) is 19.6 Å². The number of H-pyrrole nitrogens is 4. The summed E-state index contributed by atoms with van der Waals surface area (Å²) < 4.78 is 65.3. The van der Waals surface area contributed by atoms with E-state index in [0.29, 0.717) is 72.1 Å². The second-order valence-electron chi connectivity index (χ2n) is 29.7. The number of aromatic nitrogens is 4. The molecule has 8 heterocycles. The molecule has 0 saturated carbocycles. The minimum absolute atomic E-state index is 0.254. The van der Waals surface area contributed by atoms with Crippen LogP contribution in [-0.2, 0) is 30.4 Å². The van der Waals surface area contributed by atoms with Crippen LogP contribution in [0.3, 0.4) is 0 Å². The highest BCUT2D eigenvalue weighted by atomic mass is 79.9. The zero-order chi connectivity index (χ0) is 87.1. The molecule has 11 aromatic carbocycles. The molecule has 21 nitrogen and oxygen atoms in total. The van der Waals surface area contributed by atoms with Crippen molar-refractivity contribution >= 4 is 155 Å². The van der Waals surface area contributed by atoms with Gasteiger partial charge >= 0.3 is 24.4 Å². The summed E-state index contributed by atoms with van der Waals surface area (Å²) in [7, 11) is 8.13. The van der Waals surface area contributed by atoms with Crippen LogP contribution < -0.4 is 37.9 Å². The third kappa shape index (κ3) is 18.2. The van der Waals surface area contributed by atoms with E-state index < -0.39 is 25.0 Å². The number of methoxy groups -OCH3 is 5. The van der Waals surface area contributed by atoms with Crippen molar-refractivity contribution in [2.45, 2.75) is 49.9 Å². The van der Waals surface area contributed by atoms with E-state index in [1.54, 1.807) is 116 Å². The largest absolute Gasteiger partial charge is 0.497 e. The summed E-state index contributed by atoms with van der Waals surface area (Å²) >= 11 is 27.2. The number of carbonyl (C=O) groups is 4. The van der Waals surface area contributed by atoms with Gasteiger partial charge in [0.05, 0.1) is 45.6 Å². The number of ether oxygens (including phenoxy) is 9. The highest BCUT2D eigenvalue weighted by Crippen LogP contribution is 2.47. The summed E-state index contributed by atoms with van der Waals surface area (Å²) in [6, 6.07) is 74.9. The number of aromatic amines is 4. The third-order valence-electron chi connectivity index (χ3n) is 22.7. The first-order valence-electron chi connectivity index (χ1n) is 40.1. The van der Waals surface area contributed by atoms with Crippen molar-refractivity contribution in [3.63, 3.8) is 0 Å². The molecule has 15 aromatic rings. The Bertz CT molecular complexity index is 6440. The van der Waals surface area contributed by atoms with Crippen molar-refractivity contribution in [2.24, 2.45) is 0 Å². The molecule has 0 radical (unpaired) electrons. The zero-order valence-corrected chi connectivity index (χ0v) is 76.1. The molecule has 4 aliphatic heterocycles. The fraction of sp³-hybridized carbons (Fsp3) is 0.196. The molecular weight excluding hydrogens is 1890 g/mol. The smallest absolute Gasteiger partial charge is 0.416 e. The van der Waals surface area contributed by atoms with Gasteiger partial charge in [-0.15, -0.1) is 0 Å². The van der Waals surface area contributed by atoms with Gasteiger partial charge in [-0.1, -0.05) is 172 Å². The average molecular weight is 1980 g/mol. The minimum Gasteiger partial charge on any atom is -0.497 e. The van der Waals surface area contributed by atoms with Gasteiger partial charge in [0.25, 0.3) is 0 Å². The predicted octanol–water partition coefficient (Wildman–Crippen LogP) is 24.6. The molecule has 638 valence electrons. The van der Waals surface area contributed by atoms with Gasteiger partial charge in [0.15, 0.2) is 5.75 Å². The molecule has 0 aliphatic carbocycles. The van der Waals surface area contributed by atoms with Crippen molar-refractivity contribution in [2.75, 3.05) is 75.0 Å². The maximum atomic E-state index is 13.3. The number of alkyl halides is 1. The summed E-state index contributed by atoms with van der Waals surface area (Å²) in [6.07, 6.45) is 1.05. The first kappa shape index (κ1) is 86.6. The molecule has 4 aromatic heterocycles. The predicted molar refractivity (Wildman–Crippen MR) is 496 cm³/mol. The molecule has 4 atom stereocenters. The van der Waals surface area contributed by atoms with Crippen LogP contribution in [-0.4, -0.2) is 139 Å². The lowest BCUT2D eigenvalue weighted by atomic mass is 9.92. The summed E-state index contributed by atoms with van der Waals surface area (Å²) in [5, 5.41) is 5.54. The summed E-state index contributed by atoms with van der Waals surface area (Å²) in [4.78, 5) is 73.7. The quantitative estimate of drug-likeness (QED) is 0.0795. The maximum absolute atomic E-state index is 13.3. The molecular formula is C97H83Br4Cl2FN8O13. The number of carbonyl (C=O) groups excluding carboxylic acids is 4. The molecule has 19 rings (SSSR count). The van der Waals surface area contributed by atoms with E-state index in [0.717, 1.165) is 143 Å². The lowest BCUT2D eigenvalue weighted by molar-refractivity contribution is 0.0837. The van der Waals surface area contributed by atoms with Crippen molar-refractivity contribution in [1.82, 2.24) is 39.5 Å². The number of amides is 4. The van der Waals surface area contributed by atoms with Gasteiger partial charge in [0.2, 0.25) is 0 Å². The first-order chi connectivity index (χ1) is 60.8. The van der Waals surface area contributed by atoms with E-state index in [1.165, 1.54) is 22.1 Å². The second-order valence-corrected chi connectivity index (χ2v) is 34.0. The second kappa shape index (κ2) is 38.7. The van der Waals surface area contributed by atoms with E-state index in [9.17, 15) is 23.6 Å². The molecule has 4 amide bonds. The van der Waals surface area contributed by atoms with E-state index >= 15 is 0 Å². The SMILES string of the molecule is COc1ccc(C2c3[nH]c4cccc(Br)c4c3CCN2C(=O)Oc2ccc(Br)cc2)cc1.COc1ccc(C2c3[nH]c4cccc(Br)c4c3CCN2C(=O)Oc2ccccc2Cl)cc1.COc1ccc(C2c3[nH]c4cccc(Cl)c4c3CCN2C(=O)OCCF)cc1.COc1ccc(OC(=O)N2CCc3c([nH]c4cccc(Br)c34)C2c2ccc(OC)cc2)cc1. The summed E-state index contributed by atoms with van der Waals surface area (Å²) in [5.41, 5.74) is 16.5. The zero-order valence-electron chi connectivity index (χ0n) is 68.2. The number of hydrogen-bond acceptors (Lipinski definition) is 13. The Hall–Kier alpha value is -11.9. The summed E-state index contributed by atoms with van der Waals surface area (Å²) in [6.45, 7) is 1.09. The third-order valence-corrected chi connectivity index (χ3v) is 25.8. The molecule has 4 N–H and O–H groups in total. The van der Waals surface area contributed by atoms with Crippen LogP contribution in [0.25, 0.3) is 43.6 Å². The van der Waals surface area contributed by atoms with Crippen LogP contribution >= 0.6 is 86.9 Å². The fourth-order valence-corrected chi connectivity index (χ4v) is 19.4. The lowest BCUT2D eigenvalue weighted by Crippen LogP contribution is -2.42. The highest BCUT2D eigenvalue weighted by molar-refractivity contribution is 9.11. The molecule has 0 saturated heterocycles. The standard InChI is InChI=1S/C26H23BrN2O4.C25H20Br2N2O3.C25H20BrClN2O3.C21H20ClFN2O3/c1-31-17-8-6-16(7-9-17)25-24-20(23-21(27)4-3-5-22(23)28-24)14-15-29(25)26(30)33-19-12-10-18(32-2)11-13-19;1-31-17-9-5-15(6-10-17)24-23-19(22-20(27)3-2-4-21(22)28-23)13-14-29(24)25(30)32-18-11-7-16(26)8-12-18;1-31-16-11-9-15(10-12-16)24-23-17(22-18(26)5-4-7-20(22)28-23)13-14-29(24)25(30)32-21-8-3-2-6-19(21)27;1-27-14-7-5-13(6-8-14)20-19-15(9-11-25(20)21(26)28-12-10-23)18-16(22)3-2-4-17(18)24-19/h3-13,25,28H,14-15H2,1-2H3;2*2-12,24,28H,13-14H2,1H3;2-8,20,24H,9-12H2,1H3. The Morgan fingerprint density at radius 1 is 0.336 bits per heavy atom. The van der Waals surface area contributed by atoms with Crippen LogP contribution in [0.2, 0.25) is 10.0 Å². The molecule has 0 bridgehead atoms. The highest BCUT2D eigenvalue weighted by Gasteiger charge is 2.41. The molecule has 28 heteroatoms. The van der Waals surface area contributed by atoms with E-state index in [4.69, 9.17) is 65.8 Å². The molecule has 0 fully saturated rings. The number of rotatable bonds is 14. The summed E-state index contributed by atoms with van der Waals surface area (Å²) in [5.74, 6) is 5.06. The molecule has 0 spiro atoms. The van der Waals surface area contributed by atoms with Crippen molar-refractivity contribution < 1.29 is 66.2 Å². The lowest BCUT2D eigenvalue weighted by Gasteiger charge is -2.35. The number of benzene rings is 11. The normalized spacial score (nSPS) is 15.6. The fourth-order valence-electron chi connectivity index (χ4n) is 16.9. The number of nitrogens with one attached hydrogen (secondary N) is 4. The number of halogens is 7. The molecule has 4 unspecified atom stereocenters. The number of fused-ring (bicyclic) bond motifs is 12. The maximum Gasteiger partial charge on any atom is 0.416 e. The Morgan fingerprint density at radius 3 is 0.952 bits per heavy atom. The Morgan fingerprint density at radius 2 is 0.616 bits per heavy atom. The van der Waals surface area contributed by atoms with Crippen molar-refractivity contribution in [1.29, 1.82) is 0 Å². The van der Waals surface area contributed by atoms with Gasteiger partial charge in [-0.05, 0) is 228 Å². The van der Waals surface area contributed by atoms with Crippen LogP contribution in [0, 0.1) is 0 Å². The van der Waals surface area contributed by atoms with Crippen LogP contribution in [0.4, 0.5) is 23.6 Å². The Balaban J connectivity index is 0.000000123. The average Bonchev–Trinajstić information content (AvgIpc) is 1.62. The van der Waals surface area contributed by atoms with Crippen LogP contribution in [0.5, 0.6) is 46.0 Å².